The third-order valence-corrected chi connectivity index (χ3v) is 4.86. The van der Waals surface area contributed by atoms with Crippen LogP contribution < -0.4 is 25.0 Å². The number of para-hydroxylation sites is 2. The first-order valence-electron chi connectivity index (χ1n) is 11.0. The van der Waals surface area contributed by atoms with Crippen LogP contribution >= 0.6 is 11.6 Å². The van der Waals surface area contributed by atoms with Crippen LogP contribution in [0, 0.1) is 0 Å². The van der Waals surface area contributed by atoms with Crippen molar-refractivity contribution in [3.63, 3.8) is 0 Å². The highest BCUT2D eigenvalue weighted by Gasteiger charge is 2.16. The number of hydrazone groups is 1. The summed E-state index contributed by atoms with van der Waals surface area (Å²) in [5, 5.41) is 6.69. The number of carbonyl (C=O) groups excluding carboxylic acids is 2. The summed E-state index contributed by atoms with van der Waals surface area (Å²) in [6, 6.07) is 19.8. The molecule has 0 heterocycles. The Kier molecular flexibility index (Phi) is 9.50. The van der Waals surface area contributed by atoms with Gasteiger partial charge in [-0.25, -0.2) is 5.43 Å². The number of anilines is 1. The molecule has 0 aliphatic rings. The van der Waals surface area contributed by atoms with E-state index >= 15 is 0 Å². The van der Waals surface area contributed by atoms with Gasteiger partial charge in [-0.05, 0) is 49.2 Å². The van der Waals surface area contributed by atoms with E-state index in [2.05, 4.69) is 15.8 Å². The summed E-state index contributed by atoms with van der Waals surface area (Å²) in [5.41, 5.74) is 4.12. The molecular formula is C26H26ClN3O5. The zero-order valence-electron chi connectivity index (χ0n) is 19.4. The van der Waals surface area contributed by atoms with Crippen LogP contribution in [0.4, 0.5) is 5.69 Å². The molecule has 0 saturated carbocycles. The number of nitrogens with zero attached hydrogens (tertiary/aromatic N) is 1. The molecule has 3 rings (SSSR count). The van der Waals surface area contributed by atoms with Crippen LogP contribution in [0.2, 0.25) is 5.02 Å². The lowest BCUT2D eigenvalue weighted by Crippen LogP contribution is -2.32. The van der Waals surface area contributed by atoms with E-state index in [1.807, 2.05) is 44.2 Å². The summed E-state index contributed by atoms with van der Waals surface area (Å²) in [4.78, 5) is 24.4. The predicted molar refractivity (Wildman–Crippen MR) is 135 cm³/mol. The summed E-state index contributed by atoms with van der Waals surface area (Å²) >= 11 is 6.43. The van der Waals surface area contributed by atoms with Gasteiger partial charge in [0.05, 0.1) is 30.1 Å². The largest absolute Gasteiger partial charge is 0.492 e. The Bertz CT molecular complexity index is 1180. The monoisotopic (exact) mass is 495 g/mol. The van der Waals surface area contributed by atoms with Crippen molar-refractivity contribution in [3.05, 3.63) is 82.9 Å². The molecule has 0 atom stereocenters. The molecule has 35 heavy (non-hydrogen) atoms. The third-order valence-electron chi connectivity index (χ3n) is 4.58. The fourth-order valence-corrected chi connectivity index (χ4v) is 3.32. The smallest absolute Gasteiger partial charge is 0.329 e. The van der Waals surface area contributed by atoms with Gasteiger partial charge >= 0.3 is 11.8 Å². The van der Waals surface area contributed by atoms with Gasteiger partial charge < -0.3 is 19.5 Å². The molecule has 0 saturated heterocycles. The molecule has 2 N–H and O–H groups in total. The minimum atomic E-state index is -0.938. The van der Waals surface area contributed by atoms with E-state index in [0.717, 1.165) is 5.56 Å². The molecule has 182 valence electrons. The van der Waals surface area contributed by atoms with Gasteiger partial charge in [-0.2, -0.15) is 5.10 Å². The number of halogens is 1. The Balaban J connectivity index is 1.64. The Morgan fingerprint density at radius 3 is 2.31 bits per heavy atom. The van der Waals surface area contributed by atoms with Gasteiger partial charge in [0.1, 0.15) is 12.4 Å². The lowest BCUT2D eigenvalue weighted by molar-refractivity contribution is -0.136. The topological polar surface area (TPSA) is 98.2 Å². The van der Waals surface area contributed by atoms with E-state index in [-0.39, 0.29) is 0 Å². The van der Waals surface area contributed by atoms with Gasteiger partial charge in [-0.1, -0.05) is 54.1 Å². The summed E-state index contributed by atoms with van der Waals surface area (Å²) < 4.78 is 17.0. The quantitative estimate of drug-likeness (QED) is 0.239. The molecule has 0 unspecified atom stereocenters. The molecule has 9 heteroatoms. The van der Waals surface area contributed by atoms with E-state index < -0.39 is 11.8 Å². The number of carbonyl (C=O) groups is 2. The van der Waals surface area contributed by atoms with Crippen molar-refractivity contribution >= 4 is 35.3 Å². The molecule has 0 aromatic heterocycles. The fourth-order valence-electron chi connectivity index (χ4n) is 3.04. The van der Waals surface area contributed by atoms with Gasteiger partial charge in [0.15, 0.2) is 11.5 Å². The first-order chi connectivity index (χ1) is 17.0. The Labute approximate surface area is 208 Å². The lowest BCUT2D eigenvalue weighted by atomic mass is 10.2. The van der Waals surface area contributed by atoms with Gasteiger partial charge in [-0.3, -0.25) is 9.59 Å². The normalized spacial score (nSPS) is 10.6. The zero-order valence-corrected chi connectivity index (χ0v) is 20.2. The highest BCUT2D eigenvalue weighted by molar-refractivity contribution is 6.39. The second kappa shape index (κ2) is 13.0. The van der Waals surface area contributed by atoms with Crippen molar-refractivity contribution < 1.29 is 23.8 Å². The molecule has 0 aliphatic carbocycles. The van der Waals surface area contributed by atoms with Gasteiger partial charge in [-0.15, -0.1) is 0 Å². The molecule has 3 aromatic rings. The van der Waals surface area contributed by atoms with E-state index in [1.165, 1.54) is 6.21 Å². The highest BCUT2D eigenvalue weighted by Crippen LogP contribution is 2.37. The van der Waals surface area contributed by atoms with Crippen LogP contribution in [-0.2, 0) is 16.2 Å². The number of hydrogen-bond acceptors (Lipinski definition) is 6. The minimum absolute atomic E-state index is 0.324. The molecular weight excluding hydrogens is 470 g/mol. The van der Waals surface area contributed by atoms with E-state index in [9.17, 15) is 9.59 Å². The lowest BCUT2D eigenvalue weighted by Gasteiger charge is -2.14. The number of amides is 2. The Hall–Kier alpha value is -4.04. The van der Waals surface area contributed by atoms with Crippen LogP contribution in [0.15, 0.2) is 71.8 Å². The molecule has 0 aliphatic heterocycles. The van der Waals surface area contributed by atoms with Gasteiger partial charge in [0.25, 0.3) is 0 Å². The number of nitrogens with one attached hydrogen (secondary N) is 2. The summed E-state index contributed by atoms with van der Waals surface area (Å²) in [6.07, 6.45) is 1.36. The van der Waals surface area contributed by atoms with Crippen molar-refractivity contribution in [2.24, 2.45) is 5.10 Å². The number of hydrogen-bond donors (Lipinski definition) is 2. The molecule has 0 radical (unpaired) electrons. The van der Waals surface area contributed by atoms with E-state index in [4.69, 9.17) is 25.8 Å². The Morgan fingerprint density at radius 2 is 1.57 bits per heavy atom. The molecule has 2 amide bonds. The second-order valence-corrected chi connectivity index (χ2v) is 7.53. The van der Waals surface area contributed by atoms with Crippen molar-refractivity contribution in [1.29, 1.82) is 0 Å². The maximum Gasteiger partial charge on any atom is 0.329 e. The van der Waals surface area contributed by atoms with Crippen LogP contribution in [-0.4, -0.2) is 31.2 Å². The first kappa shape index (κ1) is 25.6. The highest BCUT2D eigenvalue weighted by atomic mass is 35.5. The first-order valence-corrected chi connectivity index (χ1v) is 11.4. The molecule has 0 spiro atoms. The molecule has 0 bridgehead atoms. The maximum absolute atomic E-state index is 12.2. The number of benzene rings is 3. The van der Waals surface area contributed by atoms with Crippen molar-refractivity contribution in [2.45, 2.75) is 20.5 Å². The molecule has 0 fully saturated rings. The van der Waals surface area contributed by atoms with Crippen LogP contribution in [0.3, 0.4) is 0 Å². The maximum atomic E-state index is 12.2. The SMILES string of the molecule is CCOc1ccccc1NC(=O)C(=O)N/N=C\c1cc(Cl)c(OCc2ccccc2)c(OCC)c1. The van der Waals surface area contributed by atoms with Crippen molar-refractivity contribution in [1.82, 2.24) is 5.43 Å². The van der Waals surface area contributed by atoms with Gasteiger partial charge in [0.2, 0.25) is 0 Å². The van der Waals surface area contributed by atoms with Crippen LogP contribution in [0.5, 0.6) is 17.2 Å². The van der Waals surface area contributed by atoms with Crippen LogP contribution in [0.25, 0.3) is 0 Å². The fraction of sp³-hybridized carbons (Fsp3) is 0.192. The zero-order chi connectivity index (χ0) is 25.0. The van der Waals surface area contributed by atoms with E-state index in [1.54, 1.807) is 36.4 Å². The van der Waals surface area contributed by atoms with Crippen molar-refractivity contribution in [3.8, 4) is 17.2 Å². The van der Waals surface area contributed by atoms with Crippen molar-refractivity contribution in [2.75, 3.05) is 18.5 Å². The average Bonchev–Trinajstić information content (AvgIpc) is 2.85. The minimum Gasteiger partial charge on any atom is -0.492 e. The number of rotatable bonds is 10. The predicted octanol–water partition coefficient (Wildman–Crippen LogP) is 4.81. The summed E-state index contributed by atoms with van der Waals surface area (Å²) in [7, 11) is 0. The third kappa shape index (κ3) is 7.48. The molecule has 8 nitrogen and oxygen atoms in total. The van der Waals surface area contributed by atoms with Crippen LogP contribution in [0.1, 0.15) is 25.0 Å². The Morgan fingerprint density at radius 1 is 0.886 bits per heavy atom. The second-order valence-electron chi connectivity index (χ2n) is 7.12. The molecule has 3 aromatic carbocycles. The standard InChI is InChI=1S/C26H26ClN3O5/c1-3-33-22-13-9-8-12-21(22)29-25(31)26(32)30-28-16-19-14-20(27)24(23(15-19)34-4-2)35-17-18-10-6-5-7-11-18/h5-16H,3-4,17H2,1-2H3,(H,29,31)(H,30,32)/b28-16-. The number of ether oxygens (including phenoxy) is 3. The summed E-state index contributed by atoms with van der Waals surface area (Å²) in [6.45, 7) is 4.82. The average molecular weight is 496 g/mol. The summed E-state index contributed by atoms with van der Waals surface area (Å²) in [5.74, 6) is -0.509. The van der Waals surface area contributed by atoms with E-state index in [0.29, 0.717) is 53.3 Å². The van der Waals surface area contributed by atoms with Gasteiger partial charge in [0, 0.05) is 0 Å².